The Bertz CT molecular complexity index is 278. The van der Waals surface area contributed by atoms with Crippen molar-refractivity contribution in [2.75, 3.05) is 20.1 Å². The number of hydrogen-bond donors (Lipinski definition) is 1. The molecule has 4 nitrogen and oxygen atoms in total. The molecule has 18 heavy (non-hydrogen) atoms. The lowest BCUT2D eigenvalue weighted by Crippen LogP contribution is -2.55. The van der Waals surface area contributed by atoms with Gasteiger partial charge in [-0.3, -0.25) is 9.69 Å². The van der Waals surface area contributed by atoms with Crippen LogP contribution in [0.4, 0.5) is 0 Å². The zero-order chi connectivity index (χ0) is 13.8. The highest BCUT2D eigenvalue weighted by atomic mass is 16.6. The smallest absolute Gasteiger partial charge is 0.320 e. The Balaban J connectivity index is 2.57. The van der Waals surface area contributed by atoms with Gasteiger partial charge >= 0.3 is 5.97 Å². The van der Waals surface area contributed by atoms with Crippen molar-refractivity contribution in [1.29, 1.82) is 0 Å². The van der Waals surface area contributed by atoms with Crippen LogP contribution in [0.2, 0.25) is 0 Å². The molecule has 2 N–H and O–H groups in total. The van der Waals surface area contributed by atoms with Gasteiger partial charge < -0.3 is 10.5 Å². The maximum absolute atomic E-state index is 11.9. The van der Waals surface area contributed by atoms with Crippen LogP contribution in [0, 0.1) is 0 Å². The van der Waals surface area contributed by atoms with Gasteiger partial charge in [-0.25, -0.2) is 0 Å². The Morgan fingerprint density at radius 3 is 2.28 bits per heavy atom. The van der Waals surface area contributed by atoms with Gasteiger partial charge in [0.05, 0.1) is 6.54 Å². The van der Waals surface area contributed by atoms with Crippen molar-refractivity contribution >= 4 is 5.97 Å². The van der Waals surface area contributed by atoms with E-state index >= 15 is 0 Å². The number of rotatable bonds is 4. The molecular formula is C14H28N2O2. The SMILES string of the molecule is CN(CC(=O)OC(C)(C)C)C1(CN)CCCCC1. The number of carbonyl (C=O) groups excluding carboxylic acids is 1. The molecule has 1 fully saturated rings. The topological polar surface area (TPSA) is 55.6 Å². The zero-order valence-corrected chi connectivity index (χ0v) is 12.3. The van der Waals surface area contributed by atoms with Gasteiger partial charge in [-0.05, 0) is 40.7 Å². The molecule has 0 unspecified atom stereocenters. The number of esters is 1. The summed E-state index contributed by atoms with van der Waals surface area (Å²) in [5.41, 5.74) is 5.53. The maximum Gasteiger partial charge on any atom is 0.320 e. The molecule has 1 rings (SSSR count). The summed E-state index contributed by atoms with van der Waals surface area (Å²) in [4.78, 5) is 14.0. The minimum atomic E-state index is -0.416. The van der Waals surface area contributed by atoms with Crippen molar-refractivity contribution in [3.63, 3.8) is 0 Å². The third kappa shape index (κ3) is 4.25. The maximum atomic E-state index is 11.9. The van der Waals surface area contributed by atoms with Gasteiger partial charge in [-0.1, -0.05) is 19.3 Å². The molecule has 0 radical (unpaired) electrons. The molecule has 0 atom stereocenters. The van der Waals surface area contributed by atoms with Gasteiger partial charge in [0.1, 0.15) is 5.60 Å². The van der Waals surface area contributed by atoms with E-state index in [1.165, 1.54) is 19.3 Å². The predicted octanol–water partition coefficient (Wildman–Crippen LogP) is 1.92. The molecule has 0 aromatic rings. The number of nitrogens with zero attached hydrogens (tertiary/aromatic N) is 1. The first-order chi connectivity index (χ1) is 8.29. The predicted molar refractivity (Wildman–Crippen MR) is 73.3 cm³/mol. The molecule has 1 aliphatic carbocycles. The molecule has 0 heterocycles. The van der Waals surface area contributed by atoms with E-state index in [2.05, 4.69) is 4.90 Å². The van der Waals surface area contributed by atoms with Gasteiger partial charge in [0.15, 0.2) is 0 Å². The van der Waals surface area contributed by atoms with Gasteiger partial charge in [-0.2, -0.15) is 0 Å². The Kier molecular flexibility index (Phi) is 5.17. The molecule has 0 aromatic heterocycles. The lowest BCUT2D eigenvalue weighted by Gasteiger charge is -2.43. The van der Waals surface area contributed by atoms with E-state index in [1.54, 1.807) is 0 Å². The molecule has 0 spiro atoms. The Hall–Kier alpha value is -0.610. The first-order valence-corrected chi connectivity index (χ1v) is 6.92. The zero-order valence-electron chi connectivity index (χ0n) is 12.3. The molecule has 106 valence electrons. The summed E-state index contributed by atoms with van der Waals surface area (Å²) >= 11 is 0. The first kappa shape index (κ1) is 15.4. The lowest BCUT2D eigenvalue weighted by molar-refractivity contribution is -0.157. The van der Waals surface area contributed by atoms with Gasteiger partial charge in [0.2, 0.25) is 0 Å². The highest BCUT2D eigenvalue weighted by Crippen LogP contribution is 2.32. The summed E-state index contributed by atoms with van der Waals surface area (Å²) in [5.74, 6) is -0.164. The Labute approximate surface area is 111 Å². The molecule has 0 amide bonds. The van der Waals surface area contributed by atoms with E-state index in [9.17, 15) is 4.79 Å². The van der Waals surface area contributed by atoms with Crippen molar-refractivity contribution in [1.82, 2.24) is 4.90 Å². The van der Waals surface area contributed by atoms with Crippen molar-refractivity contribution in [3.8, 4) is 0 Å². The number of hydrogen-bond acceptors (Lipinski definition) is 4. The van der Waals surface area contributed by atoms with E-state index in [0.29, 0.717) is 13.1 Å². The number of likely N-dealkylation sites (N-methyl/N-ethyl adjacent to an activating group) is 1. The number of nitrogens with two attached hydrogens (primary N) is 1. The highest BCUT2D eigenvalue weighted by Gasteiger charge is 2.36. The fourth-order valence-corrected chi connectivity index (χ4v) is 2.69. The Morgan fingerprint density at radius 2 is 1.83 bits per heavy atom. The highest BCUT2D eigenvalue weighted by molar-refractivity contribution is 5.72. The summed E-state index contributed by atoms with van der Waals surface area (Å²) in [6, 6.07) is 0. The van der Waals surface area contributed by atoms with Gasteiger partial charge in [-0.15, -0.1) is 0 Å². The minimum absolute atomic E-state index is 0.00481. The van der Waals surface area contributed by atoms with Crippen LogP contribution in [0.1, 0.15) is 52.9 Å². The summed E-state index contributed by atoms with van der Waals surface area (Å²) in [6.07, 6.45) is 5.86. The second kappa shape index (κ2) is 6.02. The molecule has 1 aliphatic rings. The lowest BCUT2D eigenvalue weighted by atomic mass is 9.80. The molecule has 0 aliphatic heterocycles. The van der Waals surface area contributed by atoms with E-state index < -0.39 is 5.60 Å². The molecule has 0 bridgehead atoms. The molecule has 0 saturated heterocycles. The third-order valence-corrected chi connectivity index (χ3v) is 3.76. The fraction of sp³-hybridized carbons (Fsp3) is 0.929. The van der Waals surface area contributed by atoms with Gasteiger partial charge in [0, 0.05) is 12.1 Å². The van der Waals surface area contributed by atoms with Crippen LogP contribution < -0.4 is 5.73 Å². The van der Waals surface area contributed by atoms with E-state index in [1.807, 2.05) is 27.8 Å². The summed E-state index contributed by atoms with van der Waals surface area (Å²) in [7, 11) is 1.99. The molecule has 4 heteroatoms. The molecule has 1 saturated carbocycles. The number of carbonyl (C=O) groups is 1. The Morgan fingerprint density at radius 1 is 1.28 bits per heavy atom. The van der Waals surface area contributed by atoms with Crippen LogP contribution in [0.25, 0.3) is 0 Å². The van der Waals surface area contributed by atoms with E-state index in [-0.39, 0.29) is 11.5 Å². The largest absolute Gasteiger partial charge is 0.459 e. The van der Waals surface area contributed by atoms with E-state index in [0.717, 1.165) is 12.8 Å². The average Bonchev–Trinajstić information content (AvgIpc) is 2.27. The fourth-order valence-electron chi connectivity index (χ4n) is 2.69. The van der Waals surface area contributed by atoms with Crippen molar-refractivity contribution in [2.24, 2.45) is 5.73 Å². The summed E-state index contributed by atoms with van der Waals surface area (Å²) < 4.78 is 5.37. The summed E-state index contributed by atoms with van der Waals surface area (Å²) in [5, 5.41) is 0. The number of ether oxygens (including phenoxy) is 1. The molecular weight excluding hydrogens is 228 g/mol. The van der Waals surface area contributed by atoms with Crippen LogP contribution >= 0.6 is 0 Å². The van der Waals surface area contributed by atoms with Crippen molar-refractivity contribution in [2.45, 2.75) is 64.0 Å². The van der Waals surface area contributed by atoms with Crippen LogP contribution in [0.5, 0.6) is 0 Å². The van der Waals surface area contributed by atoms with Gasteiger partial charge in [0.25, 0.3) is 0 Å². The monoisotopic (exact) mass is 256 g/mol. The molecule has 0 aromatic carbocycles. The quantitative estimate of drug-likeness (QED) is 0.781. The van der Waals surface area contributed by atoms with Crippen LogP contribution in [-0.2, 0) is 9.53 Å². The second-order valence-corrected chi connectivity index (χ2v) is 6.43. The normalized spacial score (nSPS) is 19.9. The average molecular weight is 256 g/mol. The van der Waals surface area contributed by atoms with Crippen LogP contribution in [0.3, 0.4) is 0 Å². The third-order valence-electron chi connectivity index (χ3n) is 3.76. The first-order valence-electron chi connectivity index (χ1n) is 6.92. The standard InChI is InChI=1S/C14H28N2O2/c1-13(2,3)18-12(17)10-16(4)14(11-15)8-6-5-7-9-14/h5-11,15H2,1-4H3. The van der Waals surface area contributed by atoms with Crippen LogP contribution in [-0.4, -0.2) is 42.1 Å². The van der Waals surface area contributed by atoms with Crippen molar-refractivity contribution in [3.05, 3.63) is 0 Å². The van der Waals surface area contributed by atoms with E-state index in [4.69, 9.17) is 10.5 Å². The van der Waals surface area contributed by atoms with Crippen molar-refractivity contribution < 1.29 is 9.53 Å². The minimum Gasteiger partial charge on any atom is -0.459 e. The summed E-state index contributed by atoms with van der Waals surface area (Å²) in [6.45, 7) is 6.62. The second-order valence-electron chi connectivity index (χ2n) is 6.43. The van der Waals surface area contributed by atoms with Crippen LogP contribution in [0.15, 0.2) is 0 Å².